The van der Waals surface area contributed by atoms with Gasteiger partial charge in [-0.25, -0.2) is 0 Å². The molecule has 0 saturated carbocycles. The van der Waals surface area contributed by atoms with Gasteiger partial charge >= 0.3 is 0 Å². The Morgan fingerprint density at radius 3 is 2.82 bits per heavy atom. The first-order chi connectivity index (χ1) is 7.58. The Balaban J connectivity index is 0.00000144. The van der Waals surface area contributed by atoms with Crippen LogP contribution < -0.4 is 5.73 Å². The predicted molar refractivity (Wildman–Crippen MR) is 75.2 cm³/mol. The molecular weight excluding hydrogens is 304 g/mol. The van der Waals surface area contributed by atoms with Crippen LogP contribution in [0.25, 0.3) is 0 Å². The van der Waals surface area contributed by atoms with Crippen molar-refractivity contribution < 1.29 is 0 Å². The Morgan fingerprint density at radius 1 is 1.59 bits per heavy atom. The second kappa shape index (κ2) is 6.18. The van der Waals surface area contributed by atoms with Crippen molar-refractivity contribution in [3.8, 4) is 0 Å². The Morgan fingerprint density at radius 2 is 2.29 bits per heavy atom. The van der Waals surface area contributed by atoms with Crippen molar-refractivity contribution in [2.75, 3.05) is 13.1 Å². The standard InChI is InChI=1S/C11H19BrN4.ClH/c1-8-6-16(4-3-10(8)13)7-11-9(12)5-14-15(11)2;/h5,8,10H,3-4,6-7,13H2,1-2H3;1H. The van der Waals surface area contributed by atoms with E-state index in [-0.39, 0.29) is 12.4 Å². The van der Waals surface area contributed by atoms with Gasteiger partial charge in [-0.1, -0.05) is 6.92 Å². The van der Waals surface area contributed by atoms with E-state index in [1.807, 2.05) is 17.9 Å². The number of halogens is 2. The molecule has 1 aliphatic heterocycles. The second-order valence-corrected chi connectivity index (χ2v) is 5.58. The van der Waals surface area contributed by atoms with E-state index in [2.05, 4.69) is 32.9 Å². The van der Waals surface area contributed by atoms with Crippen LogP contribution in [0.5, 0.6) is 0 Å². The van der Waals surface area contributed by atoms with Gasteiger partial charge in [0.25, 0.3) is 0 Å². The monoisotopic (exact) mass is 322 g/mol. The maximum Gasteiger partial charge on any atom is 0.0663 e. The van der Waals surface area contributed by atoms with Gasteiger partial charge in [-0.3, -0.25) is 9.58 Å². The smallest absolute Gasteiger partial charge is 0.0663 e. The zero-order valence-electron chi connectivity index (χ0n) is 10.3. The van der Waals surface area contributed by atoms with E-state index < -0.39 is 0 Å². The summed E-state index contributed by atoms with van der Waals surface area (Å²) in [4.78, 5) is 2.45. The highest BCUT2D eigenvalue weighted by molar-refractivity contribution is 9.10. The average molecular weight is 324 g/mol. The number of hydrogen-bond donors (Lipinski definition) is 1. The molecule has 17 heavy (non-hydrogen) atoms. The fourth-order valence-corrected chi connectivity index (χ4v) is 2.69. The highest BCUT2D eigenvalue weighted by Crippen LogP contribution is 2.21. The fraction of sp³-hybridized carbons (Fsp3) is 0.727. The highest BCUT2D eigenvalue weighted by Gasteiger charge is 2.24. The van der Waals surface area contributed by atoms with Crippen molar-refractivity contribution in [2.45, 2.75) is 25.9 Å². The van der Waals surface area contributed by atoms with Crippen LogP contribution in [0.15, 0.2) is 10.7 Å². The third-order valence-electron chi connectivity index (χ3n) is 3.44. The third kappa shape index (κ3) is 3.44. The number of nitrogens with zero attached hydrogens (tertiary/aromatic N) is 3. The van der Waals surface area contributed by atoms with Crippen LogP contribution in [0, 0.1) is 5.92 Å². The minimum Gasteiger partial charge on any atom is -0.327 e. The molecule has 0 aromatic carbocycles. The lowest BCUT2D eigenvalue weighted by atomic mass is 9.95. The lowest BCUT2D eigenvalue weighted by molar-refractivity contribution is 0.154. The number of aryl methyl sites for hydroxylation is 1. The first-order valence-corrected chi connectivity index (χ1v) is 6.51. The molecule has 0 bridgehead atoms. The molecule has 6 heteroatoms. The summed E-state index contributed by atoms with van der Waals surface area (Å²) in [6.45, 7) is 5.35. The van der Waals surface area contributed by atoms with Crippen molar-refractivity contribution in [1.82, 2.24) is 14.7 Å². The van der Waals surface area contributed by atoms with E-state index in [4.69, 9.17) is 5.73 Å². The van der Waals surface area contributed by atoms with E-state index in [0.717, 1.165) is 30.5 Å². The molecule has 0 amide bonds. The molecule has 0 aliphatic carbocycles. The maximum atomic E-state index is 6.02. The minimum atomic E-state index is 0. The summed E-state index contributed by atoms with van der Waals surface area (Å²) < 4.78 is 3.03. The molecule has 2 rings (SSSR count). The third-order valence-corrected chi connectivity index (χ3v) is 4.10. The molecule has 1 saturated heterocycles. The first-order valence-electron chi connectivity index (χ1n) is 5.72. The molecule has 2 unspecified atom stereocenters. The molecule has 0 spiro atoms. The highest BCUT2D eigenvalue weighted by atomic mass is 79.9. The van der Waals surface area contributed by atoms with E-state index >= 15 is 0 Å². The van der Waals surface area contributed by atoms with Gasteiger partial charge in [0.1, 0.15) is 0 Å². The molecule has 2 heterocycles. The molecule has 1 aliphatic rings. The van der Waals surface area contributed by atoms with E-state index in [9.17, 15) is 0 Å². The summed E-state index contributed by atoms with van der Waals surface area (Å²) in [6.07, 6.45) is 2.95. The number of hydrogen-bond acceptors (Lipinski definition) is 3. The van der Waals surface area contributed by atoms with Gasteiger partial charge in [0, 0.05) is 32.7 Å². The van der Waals surface area contributed by atoms with Crippen molar-refractivity contribution in [1.29, 1.82) is 0 Å². The minimum absolute atomic E-state index is 0. The van der Waals surface area contributed by atoms with Crippen molar-refractivity contribution in [3.63, 3.8) is 0 Å². The quantitative estimate of drug-likeness (QED) is 0.902. The van der Waals surface area contributed by atoms with Crippen molar-refractivity contribution in [3.05, 3.63) is 16.4 Å². The Bertz CT molecular complexity index is 349. The number of likely N-dealkylation sites (tertiary alicyclic amines) is 1. The summed E-state index contributed by atoms with van der Waals surface area (Å²) >= 11 is 3.54. The molecule has 4 nitrogen and oxygen atoms in total. The van der Waals surface area contributed by atoms with Gasteiger partial charge in [-0.2, -0.15) is 5.10 Å². The Labute approximate surface area is 117 Å². The zero-order valence-corrected chi connectivity index (χ0v) is 12.7. The van der Waals surface area contributed by atoms with Crippen LogP contribution in [-0.4, -0.2) is 33.8 Å². The topological polar surface area (TPSA) is 47.1 Å². The lowest BCUT2D eigenvalue weighted by Gasteiger charge is -2.35. The van der Waals surface area contributed by atoms with Gasteiger partial charge in [-0.15, -0.1) is 12.4 Å². The summed E-state index contributed by atoms with van der Waals surface area (Å²) in [5.41, 5.74) is 7.26. The summed E-state index contributed by atoms with van der Waals surface area (Å²) in [6, 6.07) is 0.367. The van der Waals surface area contributed by atoms with Crippen LogP contribution >= 0.6 is 28.3 Å². The Hall–Kier alpha value is -0.100. The van der Waals surface area contributed by atoms with Crippen molar-refractivity contribution in [2.24, 2.45) is 18.7 Å². The van der Waals surface area contributed by atoms with Crippen LogP contribution in [0.3, 0.4) is 0 Å². The normalized spacial score (nSPS) is 25.6. The van der Waals surface area contributed by atoms with E-state index in [0.29, 0.717) is 12.0 Å². The molecule has 1 aromatic rings. The van der Waals surface area contributed by atoms with E-state index in [1.165, 1.54) is 5.69 Å². The van der Waals surface area contributed by atoms with Gasteiger partial charge in [0.05, 0.1) is 16.4 Å². The molecule has 2 N–H and O–H groups in total. The van der Waals surface area contributed by atoms with Gasteiger partial charge < -0.3 is 5.73 Å². The zero-order chi connectivity index (χ0) is 11.7. The maximum absolute atomic E-state index is 6.02. The molecule has 2 atom stereocenters. The number of nitrogens with two attached hydrogens (primary N) is 1. The largest absolute Gasteiger partial charge is 0.327 e. The molecule has 98 valence electrons. The van der Waals surface area contributed by atoms with E-state index in [1.54, 1.807) is 0 Å². The number of piperidine rings is 1. The number of aromatic nitrogens is 2. The summed E-state index contributed by atoms with van der Waals surface area (Å²) in [7, 11) is 1.99. The van der Waals surface area contributed by atoms with Gasteiger partial charge in [0.2, 0.25) is 0 Å². The molecule has 0 radical (unpaired) electrons. The lowest BCUT2D eigenvalue weighted by Crippen LogP contribution is -2.45. The molecule has 1 fully saturated rings. The van der Waals surface area contributed by atoms with Crippen LogP contribution in [-0.2, 0) is 13.6 Å². The predicted octanol–water partition coefficient (Wildman–Crippen LogP) is 1.77. The Kier molecular flexibility index (Phi) is 5.44. The van der Waals surface area contributed by atoms with Crippen LogP contribution in [0.4, 0.5) is 0 Å². The molecule has 1 aromatic heterocycles. The van der Waals surface area contributed by atoms with Gasteiger partial charge in [0.15, 0.2) is 0 Å². The fourth-order valence-electron chi connectivity index (χ4n) is 2.22. The molecular formula is C11H20BrClN4. The van der Waals surface area contributed by atoms with Crippen molar-refractivity contribution >= 4 is 28.3 Å². The van der Waals surface area contributed by atoms with Crippen LogP contribution in [0.2, 0.25) is 0 Å². The first kappa shape index (κ1) is 15.0. The summed E-state index contributed by atoms with van der Waals surface area (Å²) in [5.74, 6) is 0.584. The van der Waals surface area contributed by atoms with Crippen LogP contribution in [0.1, 0.15) is 19.0 Å². The average Bonchev–Trinajstić information content (AvgIpc) is 2.55. The second-order valence-electron chi connectivity index (χ2n) is 4.73. The van der Waals surface area contributed by atoms with Gasteiger partial charge in [-0.05, 0) is 28.3 Å². The SMILES string of the molecule is CC1CN(Cc2c(Br)cnn2C)CCC1N.Cl. The number of rotatable bonds is 2. The summed E-state index contributed by atoms with van der Waals surface area (Å²) in [5, 5.41) is 4.23.